The van der Waals surface area contributed by atoms with Gasteiger partial charge in [0.15, 0.2) is 0 Å². The van der Waals surface area contributed by atoms with Crippen molar-refractivity contribution in [3.05, 3.63) is 87.5 Å². The van der Waals surface area contributed by atoms with Crippen LogP contribution in [0.5, 0.6) is 5.75 Å². The molecular formula is C30H35N5O5. The Hall–Kier alpha value is -4.60. The lowest BCUT2D eigenvalue weighted by Crippen LogP contribution is -2.47. The minimum atomic E-state index is -0.508. The number of para-hydroxylation sites is 2. The third-order valence-corrected chi connectivity index (χ3v) is 7.20. The predicted molar refractivity (Wildman–Crippen MR) is 157 cm³/mol. The van der Waals surface area contributed by atoms with Crippen molar-refractivity contribution in [3.63, 3.8) is 0 Å². The predicted octanol–water partition coefficient (Wildman–Crippen LogP) is 5.02. The maximum absolute atomic E-state index is 13.4. The Morgan fingerprint density at radius 2 is 1.65 bits per heavy atom. The first-order chi connectivity index (χ1) is 19.2. The largest absolute Gasteiger partial charge is 0.495 e. The fourth-order valence-electron chi connectivity index (χ4n) is 4.70. The third-order valence-electron chi connectivity index (χ3n) is 7.20. The van der Waals surface area contributed by atoms with Crippen LogP contribution in [-0.2, 0) is 0 Å². The van der Waals surface area contributed by atoms with Crippen LogP contribution < -0.4 is 25.2 Å². The summed E-state index contributed by atoms with van der Waals surface area (Å²) in [7, 11) is 1.66. The van der Waals surface area contributed by atoms with Crippen LogP contribution in [0, 0.1) is 17.0 Å². The average Bonchev–Trinajstić information content (AvgIpc) is 2.97. The Bertz CT molecular complexity index is 1400. The number of rotatable bonds is 9. The molecule has 2 amide bonds. The van der Waals surface area contributed by atoms with Gasteiger partial charge in [0.05, 0.1) is 23.3 Å². The highest BCUT2D eigenvalue weighted by Crippen LogP contribution is 2.31. The number of nitro groups is 1. The molecule has 10 nitrogen and oxygen atoms in total. The van der Waals surface area contributed by atoms with Crippen molar-refractivity contribution >= 4 is 34.6 Å². The van der Waals surface area contributed by atoms with Crippen molar-refractivity contribution in [2.75, 3.05) is 48.4 Å². The zero-order valence-electron chi connectivity index (χ0n) is 23.3. The summed E-state index contributed by atoms with van der Waals surface area (Å²) in [6.45, 7) is 8.45. The van der Waals surface area contributed by atoms with Crippen LogP contribution in [0.25, 0.3) is 0 Å². The van der Waals surface area contributed by atoms with E-state index in [2.05, 4.69) is 20.4 Å². The Morgan fingerprint density at radius 3 is 2.30 bits per heavy atom. The molecule has 1 heterocycles. The van der Waals surface area contributed by atoms with Gasteiger partial charge >= 0.3 is 0 Å². The summed E-state index contributed by atoms with van der Waals surface area (Å²) in [6.07, 6.45) is 0.779. The van der Waals surface area contributed by atoms with E-state index in [0.29, 0.717) is 29.9 Å². The molecule has 0 bridgehead atoms. The number of piperazine rings is 1. The molecule has 1 atom stereocenters. The zero-order chi connectivity index (χ0) is 28.8. The zero-order valence-corrected chi connectivity index (χ0v) is 23.3. The Kier molecular flexibility index (Phi) is 8.88. The second kappa shape index (κ2) is 12.5. The summed E-state index contributed by atoms with van der Waals surface area (Å²) in [4.78, 5) is 41.6. The monoisotopic (exact) mass is 545 g/mol. The lowest BCUT2D eigenvalue weighted by molar-refractivity contribution is -0.385. The van der Waals surface area contributed by atoms with E-state index in [1.165, 1.54) is 6.07 Å². The minimum Gasteiger partial charge on any atom is -0.495 e. The molecule has 1 saturated heterocycles. The van der Waals surface area contributed by atoms with Crippen LogP contribution in [0.4, 0.5) is 22.7 Å². The standard InChI is InChI=1S/C30H35N5O5/c1-5-21(3)31-30(37)24-19-23(32-29(36)22-11-10-20(2)27(18-22)35(38)39)12-13-25(24)33-14-16-34(17-15-33)26-8-6-7-9-28(26)40-4/h6-13,18-19,21H,5,14-17H2,1-4H3,(H,31,37)(H,32,36). The number of aryl methyl sites for hydroxylation is 1. The molecule has 3 aromatic carbocycles. The maximum atomic E-state index is 13.4. The summed E-state index contributed by atoms with van der Waals surface area (Å²) in [5.74, 6) is 0.108. The van der Waals surface area contributed by atoms with E-state index in [1.807, 2.05) is 44.2 Å². The van der Waals surface area contributed by atoms with Crippen LogP contribution in [0.3, 0.4) is 0 Å². The topological polar surface area (TPSA) is 117 Å². The molecule has 1 aliphatic rings. The van der Waals surface area contributed by atoms with Crippen LogP contribution in [0.15, 0.2) is 60.7 Å². The lowest BCUT2D eigenvalue weighted by Gasteiger charge is -2.38. The highest BCUT2D eigenvalue weighted by atomic mass is 16.6. The first kappa shape index (κ1) is 28.4. The number of hydrogen-bond donors (Lipinski definition) is 2. The normalized spacial score (nSPS) is 13.9. The van der Waals surface area contributed by atoms with E-state index in [0.717, 1.165) is 36.6 Å². The highest BCUT2D eigenvalue weighted by Gasteiger charge is 2.24. The van der Waals surface area contributed by atoms with E-state index in [9.17, 15) is 19.7 Å². The molecule has 1 aliphatic heterocycles. The molecule has 0 radical (unpaired) electrons. The van der Waals surface area contributed by atoms with Gasteiger partial charge in [-0.3, -0.25) is 19.7 Å². The van der Waals surface area contributed by atoms with Crippen LogP contribution >= 0.6 is 0 Å². The van der Waals surface area contributed by atoms with Crippen molar-refractivity contribution in [2.45, 2.75) is 33.2 Å². The molecule has 0 aliphatic carbocycles. The Morgan fingerprint density at radius 1 is 0.975 bits per heavy atom. The molecular weight excluding hydrogens is 510 g/mol. The summed E-state index contributed by atoms with van der Waals surface area (Å²) in [5.41, 5.74) is 3.22. The number of carbonyl (C=O) groups is 2. The molecule has 1 fully saturated rings. The second-order valence-electron chi connectivity index (χ2n) is 9.87. The minimum absolute atomic E-state index is 0.0194. The summed E-state index contributed by atoms with van der Waals surface area (Å²) in [6, 6.07) is 17.5. The third kappa shape index (κ3) is 6.33. The molecule has 0 spiro atoms. The van der Waals surface area contributed by atoms with Gasteiger partial charge in [-0.2, -0.15) is 0 Å². The Labute approximate surface area is 234 Å². The SMILES string of the molecule is CCC(C)NC(=O)c1cc(NC(=O)c2ccc(C)c([N+](=O)[O-])c2)ccc1N1CCN(c2ccccc2OC)CC1. The average molecular weight is 546 g/mol. The van der Waals surface area contributed by atoms with Crippen LogP contribution in [0.1, 0.15) is 46.5 Å². The van der Waals surface area contributed by atoms with Crippen molar-refractivity contribution < 1.29 is 19.2 Å². The number of anilines is 3. The van der Waals surface area contributed by atoms with Gasteiger partial charge in [0.1, 0.15) is 5.75 Å². The molecule has 10 heteroatoms. The number of nitrogens with zero attached hydrogens (tertiary/aromatic N) is 3. The van der Waals surface area contributed by atoms with Gasteiger partial charge in [-0.05, 0) is 56.7 Å². The van der Waals surface area contributed by atoms with E-state index in [1.54, 1.807) is 38.3 Å². The molecule has 2 N–H and O–H groups in total. The molecule has 4 rings (SSSR count). The smallest absolute Gasteiger partial charge is 0.273 e. The van der Waals surface area contributed by atoms with Gasteiger partial charge in [-0.15, -0.1) is 0 Å². The second-order valence-corrected chi connectivity index (χ2v) is 9.87. The fourth-order valence-corrected chi connectivity index (χ4v) is 4.70. The first-order valence-corrected chi connectivity index (χ1v) is 13.4. The number of carbonyl (C=O) groups excluding carboxylic acids is 2. The maximum Gasteiger partial charge on any atom is 0.273 e. The molecule has 210 valence electrons. The molecule has 40 heavy (non-hydrogen) atoms. The van der Waals surface area contributed by atoms with E-state index in [-0.39, 0.29) is 23.2 Å². The highest BCUT2D eigenvalue weighted by molar-refractivity contribution is 6.06. The van der Waals surface area contributed by atoms with Crippen LogP contribution in [0.2, 0.25) is 0 Å². The number of nitro benzene ring substituents is 1. The summed E-state index contributed by atoms with van der Waals surface area (Å²) in [5, 5.41) is 17.2. The number of amides is 2. The van der Waals surface area contributed by atoms with Crippen molar-refractivity contribution in [1.82, 2.24) is 5.32 Å². The first-order valence-electron chi connectivity index (χ1n) is 13.4. The molecule has 1 unspecified atom stereocenters. The Balaban J connectivity index is 1.57. The number of hydrogen-bond acceptors (Lipinski definition) is 7. The van der Waals surface area contributed by atoms with E-state index in [4.69, 9.17) is 4.74 Å². The van der Waals surface area contributed by atoms with Crippen molar-refractivity contribution in [1.29, 1.82) is 0 Å². The summed E-state index contributed by atoms with van der Waals surface area (Å²) >= 11 is 0. The fraction of sp³-hybridized carbons (Fsp3) is 0.333. The quantitative estimate of drug-likeness (QED) is 0.286. The van der Waals surface area contributed by atoms with Crippen molar-refractivity contribution in [3.8, 4) is 5.75 Å². The molecule has 3 aromatic rings. The van der Waals surface area contributed by atoms with Gasteiger partial charge in [0.25, 0.3) is 17.5 Å². The van der Waals surface area contributed by atoms with Crippen molar-refractivity contribution in [2.24, 2.45) is 0 Å². The number of nitrogens with one attached hydrogen (secondary N) is 2. The number of methoxy groups -OCH3 is 1. The molecule has 0 aromatic heterocycles. The van der Waals surface area contributed by atoms with Gasteiger partial charge in [-0.25, -0.2) is 0 Å². The van der Waals surface area contributed by atoms with E-state index < -0.39 is 10.8 Å². The van der Waals surface area contributed by atoms with Gasteiger partial charge in [0, 0.05) is 60.8 Å². The van der Waals surface area contributed by atoms with Gasteiger partial charge in [-0.1, -0.05) is 25.1 Å². The number of ether oxygens (including phenoxy) is 1. The molecule has 0 saturated carbocycles. The van der Waals surface area contributed by atoms with Crippen LogP contribution in [-0.4, -0.2) is 56.1 Å². The van der Waals surface area contributed by atoms with E-state index >= 15 is 0 Å². The van der Waals surface area contributed by atoms with Gasteiger partial charge in [0.2, 0.25) is 0 Å². The van der Waals surface area contributed by atoms with Gasteiger partial charge < -0.3 is 25.2 Å². The number of benzene rings is 3. The lowest BCUT2D eigenvalue weighted by atomic mass is 10.1. The summed E-state index contributed by atoms with van der Waals surface area (Å²) < 4.78 is 5.53.